The number of fused-ring (bicyclic) bond motifs is 1. The van der Waals surface area contributed by atoms with Crippen molar-refractivity contribution in [2.75, 3.05) is 6.61 Å². The lowest BCUT2D eigenvalue weighted by atomic mass is 10.2. The number of hydrogen-bond donors (Lipinski definition) is 0. The van der Waals surface area contributed by atoms with E-state index in [1.165, 1.54) is 0 Å². The minimum atomic E-state index is -0.377. The van der Waals surface area contributed by atoms with Gasteiger partial charge in [-0.1, -0.05) is 46.3 Å². The Hall–Kier alpha value is -2.05. The van der Waals surface area contributed by atoms with Crippen molar-refractivity contribution in [3.63, 3.8) is 0 Å². The second-order valence-electron chi connectivity index (χ2n) is 4.90. The van der Waals surface area contributed by atoms with Gasteiger partial charge in [0.2, 0.25) is 0 Å². The highest BCUT2D eigenvalue weighted by molar-refractivity contribution is 9.16. The van der Waals surface area contributed by atoms with Crippen molar-refractivity contribution in [1.82, 2.24) is 9.97 Å². The van der Waals surface area contributed by atoms with Gasteiger partial charge in [-0.2, -0.15) is 0 Å². The second-order valence-corrected chi connectivity index (χ2v) is 6.66. The first-order valence-electron chi connectivity index (χ1n) is 7.13. The molecule has 3 aromatic rings. The summed E-state index contributed by atoms with van der Waals surface area (Å²) < 4.78 is 6.67. The van der Waals surface area contributed by atoms with Crippen molar-refractivity contribution in [3.8, 4) is 0 Å². The van der Waals surface area contributed by atoms with Crippen molar-refractivity contribution < 1.29 is 9.53 Å². The van der Waals surface area contributed by atoms with E-state index in [4.69, 9.17) is 4.74 Å². The molecule has 0 radical (unpaired) electrons. The van der Waals surface area contributed by atoms with Gasteiger partial charge in [0.05, 0.1) is 33.0 Å². The maximum absolute atomic E-state index is 12.0. The summed E-state index contributed by atoms with van der Waals surface area (Å²) in [6.45, 7) is 0.100. The van der Waals surface area contributed by atoms with Crippen LogP contribution in [0.4, 0.5) is 0 Å². The number of para-hydroxylation sites is 2. The number of carbonyl (C=O) groups is 1. The Morgan fingerprint density at radius 2 is 1.62 bits per heavy atom. The van der Waals surface area contributed by atoms with Gasteiger partial charge in [-0.25, -0.2) is 9.78 Å². The Morgan fingerprint density at radius 1 is 0.958 bits per heavy atom. The number of benzene rings is 2. The van der Waals surface area contributed by atoms with Gasteiger partial charge in [0, 0.05) is 4.48 Å². The van der Waals surface area contributed by atoms with E-state index in [1.54, 1.807) is 30.5 Å². The smallest absolute Gasteiger partial charge is 0.338 e. The van der Waals surface area contributed by atoms with Gasteiger partial charge in [0.25, 0.3) is 0 Å². The van der Waals surface area contributed by atoms with E-state index in [1.807, 2.05) is 30.3 Å². The van der Waals surface area contributed by atoms with Gasteiger partial charge in [-0.3, -0.25) is 4.98 Å². The molecule has 0 bridgehead atoms. The van der Waals surface area contributed by atoms with Crippen LogP contribution in [0.1, 0.15) is 16.1 Å². The van der Waals surface area contributed by atoms with E-state index in [-0.39, 0.29) is 12.6 Å². The molecule has 2 aromatic carbocycles. The van der Waals surface area contributed by atoms with Crippen LogP contribution in [0.2, 0.25) is 0 Å². The van der Waals surface area contributed by atoms with Crippen molar-refractivity contribution in [2.45, 2.75) is 0 Å². The molecule has 1 aromatic heterocycles. The van der Waals surface area contributed by atoms with Crippen LogP contribution in [0.25, 0.3) is 15.5 Å². The fraction of sp³-hybridized carbons (Fsp3) is 0.0556. The fourth-order valence-corrected chi connectivity index (χ4v) is 2.67. The van der Waals surface area contributed by atoms with Crippen LogP contribution in [0, 0.1) is 0 Å². The molecule has 0 atom stereocenters. The summed E-state index contributed by atoms with van der Waals surface area (Å²) in [4.78, 5) is 20.9. The van der Waals surface area contributed by atoms with Crippen molar-refractivity contribution in [3.05, 3.63) is 76.5 Å². The SMILES string of the molecule is O=C(OC/C(Br)=C(\Br)c1cnc2ccccc2n1)c1ccccc1. The van der Waals surface area contributed by atoms with Crippen LogP contribution in [0.5, 0.6) is 0 Å². The monoisotopic (exact) mass is 446 g/mol. The van der Waals surface area contributed by atoms with Crippen molar-refractivity contribution in [2.24, 2.45) is 0 Å². The van der Waals surface area contributed by atoms with E-state index < -0.39 is 0 Å². The van der Waals surface area contributed by atoms with Crippen molar-refractivity contribution >= 4 is 53.3 Å². The first kappa shape index (κ1) is 16.8. The average Bonchev–Trinajstić information content (AvgIpc) is 2.65. The maximum Gasteiger partial charge on any atom is 0.338 e. The maximum atomic E-state index is 12.0. The first-order valence-corrected chi connectivity index (χ1v) is 8.72. The third kappa shape index (κ3) is 3.88. The Kier molecular flexibility index (Phi) is 5.37. The number of carbonyl (C=O) groups excluding carboxylic acids is 1. The zero-order chi connectivity index (χ0) is 16.9. The fourth-order valence-electron chi connectivity index (χ4n) is 2.05. The van der Waals surface area contributed by atoms with Gasteiger partial charge in [0.15, 0.2) is 0 Å². The molecule has 0 N–H and O–H groups in total. The molecule has 0 spiro atoms. The molecule has 0 fully saturated rings. The molecule has 0 unspecified atom stereocenters. The lowest BCUT2D eigenvalue weighted by molar-refractivity contribution is 0.0548. The van der Waals surface area contributed by atoms with Crippen LogP contribution in [0.15, 0.2) is 65.3 Å². The largest absolute Gasteiger partial charge is 0.457 e. The number of esters is 1. The summed E-state index contributed by atoms with van der Waals surface area (Å²) in [6, 6.07) is 16.5. The normalized spacial score (nSPS) is 11.9. The molecule has 0 saturated heterocycles. The van der Waals surface area contributed by atoms with Gasteiger partial charge < -0.3 is 4.74 Å². The summed E-state index contributed by atoms with van der Waals surface area (Å²) in [5, 5.41) is 0. The van der Waals surface area contributed by atoms with E-state index in [0.29, 0.717) is 20.2 Å². The summed E-state index contributed by atoms with van der Waals surface area (Å²) in [6.07, 6.45) is 1.67. The molecule has 0 aliphatic rings. The predicted octanol–water partition coefficient (Wildman–Crippen LogP) is 4.95. The molecule has 4 nitrogen and oxygen atoms in total. The van der Waals surface area contributed by atoms with Crippen LogP contribution < -0.4 is 0 Å². The topological polar surface area (TPSA) is 52.1 Å². The standard InChI is InChI=1S/C18H12Br2N2O2/c19-13(11-24-18(23)12-6-2-1-3-7-12)17(20)16-10-21-14-8-4-5-9-15(14)22-16/h1-10H,11H2/b17-13+. The molecule has 0 saturated carbocycles. The van der Waals surface area contributed by atoms with Gasteiger partial charge >= 0.3 is 5.97 Å². The van der Waals surface area contributed by atoms with Gasteiger partial charge in [0.1, 0.15) is 6.61 Å². The zero-order valence-corrected chi connectivity index (χ0v) is 15.6. The number of rotatable bonds is 4. The van der Waals surface area contributed by atoms with Crippen LogP contribution in [-0.4, -0.2) is 22.5 Å². The predicted molar refractivity (Wildman–Crippen MR) is 101 cm³/mol. The minimum Gasteiger partial charge on any atom is -0.457 e. The Morgan fingerprint density at radius 3 is 2.38 bits per heavy atom. The third-order valence-electron chi connectivity index (χ3n) is 3.25. The molecule has 0 aliphatic carbocycles. The van der Waals surface area contributed by atoms with E-state index >= 15 is 0 Å². The molecule has 1 heterocycles. The van der Waals surface area contributed by atoms with Crippen LogP contribution in [0.3, 0.4) is 0 Å². The number of aromatic nitrogens is 2. The molecule has 0 aliphatic heterocycles. The Bertz CT molecular complexity index is 911. The molecular formula is C18H12Br2N2O2. The lowest BCUT2D eigenvalue weighted by Crippen LogP contribution is -2.06. The number of ether oxygens (including phenoxy) is 1. The molecule has 120 valence electrons. The summed E-state index contributed by atoms with van der Waals surface area (Å²) in [7, 11) is 0. The van der Waals surface area contributed by atoms with E-state index in [9.17, 15) is 4.79 Å². The quantitative estimate of drug-likeness (QED) is 0.531. The lowest BCUT2D eigenvalue weighted by Gasteiger charge is -2.07. The zero-order valence-electron chi connectivity index (χ0n) is 12.4. The highest BCUT2D eigenvalue weighted by Crippen LogP contribution is 2.28. The first-order chi connectivity index (χ1) is 11.6. The highest BCUT2D eigenvalue weighted by atomic mass is 79.9. The highest BCUT2D eigenvalue weighted by Gasteiger charge is 2.11. The second kappa shape index (κ2) is 7.68. The number of halogens is 2. The number of nitrogens with zero attached hydrogens (tertiary/aromatic N) is 2. The molecule has 6 heteroatoms. The molecule has 24 heavy (non-hydrogen) atoms. The Balaban J connectivity index is 1.76. The van der Waals surface area contributed by atoms with Gasteiger partial charge in [-0.05, 0) is 40.2 Å². The van der Waals surface area contributed by atoms with Crippen LogP contribution >= 0.6 is 31.9 Å². The molecular weight excluding hydrogens is 436 g/mol. The van der Waals surface area contributed by atoms with E-state index in [0.717, 1.165) is 11.0 Å². The van der Waals surface area contributed by atoms with E-state index in [2.05, 4.69) is 41.8 Å². The summed E-state index contributed by atoms with van der Waals surface area (Å²) in [5.74, 6) is -0.377. The minimum absolute atomic E-state index is 0.100. The van der Waals surface area contributed by atoms with Crippen molar-refractivity contribution in [1.29, 1.82) is 0 Å². The molecule has 0 amide bonds. The number of hydrogen-bond acceptors (Lipinski definition) is 4. The third-order valence-corrected chi connectivity index (χ3v) is 5.29. The van der Waals surface area contributed by atoms with Gasteiger partial charge in [-0.15, -0.1) is 0 Å². The Labute approximate surface area is 155 Å². The molecule has 3 rings (SSSR count). The summed E-state index contributed by atoms with van der Waals surface area (Å²) >= 11 is 6.92. The van der Waals surface area contributed by atoms with Crippen LogP contribution in [-0.2, 0) is 4.74 Å². The summed E-state index contributed by atoms with van der Waals surface area (Å²) in [5.41, 5.74) is 2.80. The average molecular weight is 448 g/mol.